The molecule has 1 aliphatic heterocycles. The molecule has 2 fully saturated rings. The van der Waals surface area contributed by atoms with Gasteiger partial charge in [0.05, 0.1) is 5.56 Å². The average molecular weight is 287 g/mol. The van der Waals surface area contributed by atoms with Crippen LogP contribution in [0.4, 0.5) is 0 Å². The largest absolute Gasteiger partial charge is 0.458 e. The zero-order valence-corrected chi connectivity index (χ0v) is 13.0. The molecule has 0 bridgehead atoms. The predicted octanol–water partition coefficient (Wildman–Crippen LogP) is 3.49. The van der Waals surface area contributed by atoms with E-state index in [1.54, 1.807) is 0 Å². The number of esters is 1. The van der Waals surface area contributed by atoms with E-state index in [2.05, 4.69) is 18.9 Å². The van der Waals surface area contributed by atoms with Crippen LogP contribution in [0, 0.1) is 5.92 Å². The molecule has 0 radical (unpaired) electrons. The smallest absolute Gasteiger partial charge is 0.338 e. The van der Waals surface area contributed by atoms with Crippen LogP contribution < -0.4 is 0 Å². The molecule has 0 aromatic heterocycles. The maximum atomic E-state index is 12.3. The van der Waals surface area contributed by atoms with E-state index >= 15 is 0 Å². The Morgan fingerprint density at radius 1 is 1.14 bits per heavy atom. The molecule has 1 heterocycles. The quantitative estimate of drug-likeness (QED) is 0.780. The summed E-state index contributed by atoms with van der Waals surface area (Å²) in [5.41, 5.74) is 0.664. The number of piperidine rings is 1. The third-order valence-corrected chi connectivity index (χ3v) is 5.36. The molecule has 0 amide bonds. The van der Waals surface area contributed by atoms with Gasteiger partial charge in [0.25, 0.3) is 0 Å². The van der Waals surface area contributed by atoms with Crippen LogP contribution in [0.15, 0.2) is 30.3 Å². The molecule has 2 unspecified atom stereocenters. The summed E-state index contributed by atoms with van der Waals surface area (Å²) in [6, 6.07) is 10.6. The van der Waals surface area contributed by atoms with Crippen molar-refractivity contribution in [1.82, 2.24) is 4.90 Å². The van der Waals surface area contributed by atoms with Gasteiger partial charge in [-0.1, -0.05) is 18.2 Å². The summed E-state index contributed by atoms with van der Waals surface area (Å²) in [6.07, 6.45) is 5.89. The molecular weight excluding hydrogens is 262 g/mol. The van der Waals surface area contributed by atoms with Crippen molar-refractivity contribution in [2.24, 2.45) is 5.92 Å². The van der Waals surface area contributed by atoms with Crippen LogP contribution in [0.3, 0.4) is 0 Å². The standard InChI is InChI=1S/C18H25NO2/c1-13-11-12-15-16(19(13)2)9-6-10-17(15)21-18(20)14-7-4-3-5-8-14/h3-5,7-8,13,15-17H,6,9-12H2,1-2H3/t13-,15-,16?,17?/m1/s1. The third kappa shape index (κ3) is 2.98. The predicted molar refractivity (Wildman–Crippen MR) is 83.2 cm³/mol. The highest BCUT2D eigenvalue weighted by Gasteiger charge is 2.41. The first-order valence-electron chi connectivity index (χ1n) is 8.15. The van der Waals surface area contributed by atoms with E-state index in [1.165, 1.54) is 19.3 Å². The number of nitrogens with zero attached hydrogens (tertiary/aromatic N) is 1. The summed E-state index contributed by atoms with van der Waals surface area (Å²) in [5, 5.41) is 0. The van der Waals surface area contributed by atoms with Gasteiger partial charge in [-0.2, -0.15) is 0 Å². The van der Waals surface area contributed by atoms with Crippen LogP contribution in [-0.4, -0.2) is 36.1 Å². The van der Waals surface area contributed by atoms with Crippen molar-refractivity contribution in [2.45, 2.75) is 57.2 Å². The maximum Gasteiger partial charge on any atom is 0.338 e. The second-order valence-corrected chi connectivity index (χ2v) is 6.56. The number of ether oxygens (including phenoxy) is 1. The van der Waals surface area contributed by atoms with Gasteiger partial charge in [0.1, 0.15) is 6.10 Å². The first-order chi connectivity index (χ1) is 10.2. The van der Waals surface area contributed by atoms with E-state index in [0.29, 0.717) is 23.6 Å². The summed E-state index contributed by atoms with van der Waals surface area (Å²) in [6.45, 7) is 2.30. The molecule has 1 saturated heterocycles. The summed E-state index contributed by atoms with van der Waals surface area (Å²) in [4.78, 5) is 14.8. The van der Waals surface area contributed by atoms with Gasteiger partial charge in [0.2, 0.25) is 0 Å². The minimum absolute atomic E-state index is 0.0893. The second-order valence-electron chi connectivity index (χ2n) is 6.56. The van der Waals surface area contributed by atoms with E-state index < -0.39 is 0 Å². The molecule has 4 atom stereocenters. The lowest BCUT2D eigenvalue weighted by Gasteiger charge is -2.48. The van der Waals surface area contributed by atoms with Crippen LogP contribution >= 0.6 is 0 Å². The zero-order valence-electron chi connectivity index (χ0n) is 13.0. The normalized spacial score (nSPS) is 33.2. The zero-order chi connectivity index (χ0) is 14.8. The van der Waals surface area contributed by atoms with Crippen molar-refractivity contribution >= 4 is 5.97 Å². The first-order valence-corrected chi connectivity index (χ1v) is 8.15. The first kappa shape index (κ1) is 14.6. The molecule has 1 saturated carbocycles. The van der Waals surface area contributed by atoms with Crippen LogP contribution in [0.2, 0.25) is 0 Å². The lowest BCUT2D eigenvalue weighted by molar-refractivity contribution is -0.0517. The highest BCUT2D eigenvalue weighted by Crippen LogP contribution is 2.38. The topological polar surface area (TPSA) is 29.5 Å². The molecule has 114 valence electrons. The second kappa shape index (κ2) is 6.18. The Kier molecular flexibility index (Phi) is 4.29. The Bertz CT molecular complexity index is 487. The molecule has 3 heteroatoms. The molecule has 1 aliphatic carbocycles. The number of carbonyl (C=O) groups is 1. The fourth-order valence-electron chi connectivity index (χ4n) is 3.98. The van der Waals surface area contributed by atoms with Crippen LogP contribution in [0.1, 0.15) is 49.4 Å². The van der Waals surface area contributed by atoms with Gasteiger partial charge in [-0.05, 0) is 58.2 Å². The average Bonchev–Trinajstić information content (AvgIpc) is 2.52. The number of rotatable bonds is 2. The van der Waals surface area contributed by atoms with Gasteiger partial charge in [0, 0.05) is 18.0 Å². The third-order valence-electron chi connectivity index (χ3n) is 5.36. The van der Waals surface area contributed by atoms with Crippen LogP contribution in [0.25, 0.3) is 0 Å². The molecule has 21 heavy (non-hydrogen) atoms. The number of fused-ring (bicyclic) bond motifs is 1. The maximum absolute atomic E-state index is 12.3. The van der Waals surface area contributed by atoms with E-state index in [0.717, 1.165) is 12.8 Å². The Balaban J connectivity index is 1.69. The van der Waals surface area contributed by atoms with Crippen molar-refractivity contribution in [3.05, 3.63) is 35.9 Å². The fourth-order valence-corrected chi connectivity index (χ4v) is 3.98. The van der Waals surface area contributed by atoms with Crippen molar-refractivity contribution < 1.29 is 9.53 Å². The van der Waals surface area contributed by atoms with E-state index in [1.807, 2.05) is 30.3 Å². The summed E-state index contributed by atoms with van der Waals surface area (Å²) >= 11 is 0. The van der Waals surface area contributed by atoms with Gasteiger partial charge in [0.15, 0.2) is 0 Å². The van der Waals surface area contributed by atoms with Crippen molar-refractivity contribution in [2.75, 3.05) is 7.05 Å². The van der Waals surface area contributed by atoms with Gasteiger partial charge in [-0.15, -0.1) is 0 Å². The number of likely N-dealkylation sites (tertiary alicyclic amines) is 1. The summed E-state index contributed by atoms with van der Waals surface area (Å²) in [7, 11) is 2.23. The van der Waals surface area contributed by atoms with Crippen LogP contribution in [-0.2, 0) is 4.74 Å². The molecule has 3 rings (SSSR count). The van der Waals surface area contributed by atoms with E-state index in [9.17, 15) is 4.79 Å². The number of hydrogen-bond acceptors (Lipinski definition) is 3. The number of hydrogen-bond donors (Lipinski definition) is 0. The Morgan fingerprint density at radius 3 is 2.67 bits per heavy atom. The Morgan fingerprint density at radius 2 is 1.90 bits per heavy atom. The minimum Gasteiger partial charge on any atom is -0.458 e. The van der Waals surface area contributed by atoms with Gasteiger partial charge >= 0.3 is 5.97 Å². The lowest BCUT2D eigenvalue weighted by Crippen LogP contribution is -2.53. The highest BCUT2D eigenvalue weighted by atomic mass is 16.5. The van der Waals surface area contributed by atoms with Crippen molar-refractivity contribution in [3.63, 3.8) is 0 Å². The molecule has 0 spiro atoms. The summed E-state index contributed by atoms with van der Waals surface area (Å²) in [5.74, 6) is 0.343. The van der Waals surface area contributed by atoms with Gasteiger partial charge in [-0.3, -0.25) is 0 Å². The lowest BCUT2D eigenvalue weighted by atomic mass is 9.75. The number of carbonyl (C=O) groups excluding carboxylic acids is 1. The van der Waals surface area contributed by atoms with Crippen molar-refractivity contribution in [3.8, 4) is 0 Å². The fraction of sp³-hybridized carbons (Fsp3) is 0.611. The minimum atomic E-state index is -0.164. The molecule has 3 nitrogen and oxygen atoms in total. The van der Waals surface area contributed by atoms with E-state index in [-0.39, 0.29) is 12.1 Å². The summed E-state index contributed by atoms with van der Waals surface area (Å²) < 4.78 is 5.86. The Labute approximate surface area is 127 Å². The molecule has 0 N–H and O–H groups in total. The molecule has 1 aromatic carbocycles. The number of benzene rings is 1. The van der Waals surface area contributed by atoms with Crippen LogP contribution in [0.5, 0.6) is 0 Å². The SMILES string of the molecule is C[C@@H]1CC[C@H]2C(OC(=O)c3ccccc3)CCCC2N1C. The Hall–Kier alpha value is -1.35. The highest BCUT2D eigenvalue weighted by molar-refractivity contribution is 5.89. The molecule has 2 aliphatic rings. The monoisotopic (exact) mass is 287 g/mol. The van der Waals surface area contributed by atoms with Gasteiger partial charge in [-0.25, -0.2) is 4.79 Å². The van der Waals surface area contributed by atoms with E-state index in [4.69, 9.17) is 4.74 Å². The molecular formula is C18H25NO2. The van der Waals surface area contributed by atoms with Crippen molar-refractivity contribution in [1.29, 1.82) is 0 Å². The molecule has 1 aromatic rings. The van der Waals surface area contributed by atoms with Gasteiger partial charge < -0.3 is 9.64 Å².